The summed E-state index contributed by atoms with van der Waals surface area (Å²) in [7, 11) is 0. The van der Waals surface area contributed by atoms with Crippen LogP contribution >= 0.6 is 12.4 Å². The highest BCUT2D eigenvalue weighted by molar-refractivity contribution is 5.85. The van der Waals surface area contributed by atoms with Gasteiger partial charge in [0.25, 0.3) is 0 Å². The zero-order chi connectivity index (χ0) is 10.7. The minimum Gasteiger partial charge on any atom is -0.341 e. The summed E-state index contributed by atoms with van der Waals surface area (Å²) >= 11 is 0. The third-order valence-corrected chi connectivity index (χ3v) is 3.29. The molecule has 0 spiro atoms. The molecule has 0 aromatic carbocycles. The van der Waals surface area contributed by atoms with Crippen LogP contribution in [0.2, 0.25) is 0 Å². The van der Waals surface area contributed by atoms with E-state index >= 15 is 0 Å². The molecule has 2 aliphatic heterocycles. The van der Waals surface area contributed by atoms with Crippen molar-refractivity contribution in [3.63, 3.8) is 0 Å². The van der Waals surface area contributed by atoms with Gasteiger partial charge in [0.1, 0.15) is 6.17 Å². The van der Waals surface area contributed by atoms with Crippen molar-refractivity contribution in [3.8, 4) is 0 Å². The van der Waals surface area contributed by atoms with Crippen LogP contribution in [0.5, 0.6) is 0 Å². The summed E-state index contributed by atoms with van der Waals surface area (Å²) in [5.41, 5.74) is 0. The average Bonchev–Trinajstić information content (AvgIpc) is 2.53. The zero-order valence-electron chi connectivity index (χ0n) is 9.45. The van der Waals surface area contributed by atoms with Crippen molar-refractivity contribution in [2.24, 2.45) is 0 Å². The predicted octanol–water partition coefficient (Wildman–Crippen LogP) is 1.51. The molecule has 0 saturated carbocycles. The van der Waals surface area contributed by atoms with E-state index in [2.05, 4.69) is 5.32 Å². The molecule has 94 valence electrons. The summed E-state index contributed by atoms with van der Waals surface area (Å²) in [6, 6.07) is -0.266. The lowest BCUT2D eigenvalue weighted by atomic mass is 10.2. The van der Waals surface area contributed by atoms with E-state index in [1.807, 2.05) is 4.90 Å². The van der Waals surface area contributed by atoms with Gasteiger partial charge in [-0.2, -0.15) is 0 Å². The first kappa shape index (κ1) is 13.7. The number of amides is 1. The Morgan fingerprint density at radius 3 is 2.31 bits per heavy atom. The van der Waals surface area contributed by atoms with Crippen LogP contribution in [0.1, 0.15) is 32.1 Å². The van der Waals surface area contributed by atoms with Crippen LogP contribution in [-0.4, -0.2) is 42.7 Å². The first-order valence-corrected chi connectivity index (χ1v) is 5.93. The number of hydrogen-bond donors (Lipinski definition) is 1. The molecule has 0 aromatic rings. The second-order valence-corrected chi connectivity index (χ2v) is 4.53. The van der Waals surface area contributed by atoms with Gasteiger partial charge in [-0.15, -0.1) is 12.4 Å². The lowest BCUT2D eigenvalue weighted by molar-refractivity contribution is -0.133. The van der Waals surface area contributed by atoms with Gasteiger partial charge < -0.3 is 10.2 Å². The average molecular weight is 251 g/mol. The Morgan fingerprint density at radius 1 is 1.19 bits per heavy atom. The maximum atomic E-state index is 12.9. The Bertz CT molecular complexity index is 232. The molecule has 0 aromatic heterocycles. The summed E-state index contributed by atoms with van der Waals surface area (Å²) in [5, 5.41) is 2.96. The number of carbonyl (C=O) groups is 1. The van der Waals surface area contributed by atoms with Crippen molar-refractivity contribution in [2.75, 3.05) is 19.6 Å². The maximum absolute atomic E-state index is 12.9. The minimum absolute atomic E-state index is 0. The lowest BCUT2D eigenvalue weighted by Gasteiger charge is -2.23. The lowest BCUT2D eigenvalue weighted by Crippen LogP contribution is -2.43. The number of carbonyl (C=O) groups excluding carboxylic acids is 1. The minimum atomic E-state index is -0.842. The van der Waals surface area contributed by atoms with Crippen LogP contribution in [0.3, 0.4) is 0 Å². The maximum Gasteiger partial charge on any atom is 0.239 e. The van der Waals surface area contributed by atoms with E-state index in [9.17, 15) is 9.18 Å². The van der Waals surface area contributed by atoms with Gasteiger partial charge in [-0.1, -0.05) is 12.8 Å². The molecule has 16 heavy (non-hydrogen) atoms. The third kappa shape index (κ3) is 3.32. The van der Waals surface area contributed by atoms with E-state index in [1.165, 1.54) is 12.8 Å². The van der Waals surface area contributed by atoms with Gasteiger partial charge in [0.05, 0.1) is 6.04 Å². The van der Waals surface area contributed by atoms with Crippen molar-refractivity contribution in [2.45, 2.75) is 44.3 Å². The van der Waals surface area contributed by atoms with Crippen LogP contribution < -0.4 is 5.32 Å². The molecule has 0 unspecified atom stereocenters. The number of halogens is 2. The summed E-state index contributed by atoms with van der Waals surface area (Å²) in [6.07, 6.45) is 4.14. The second kappa shape index (κ2) is 6.40. The summed E-state index contributed by atoms with van der Waals surface area (Å²) in [4.78, 5) is 13.9. The molecule has 0 radical (unpaired) electrons. The number of nitrogens with one attached hydrogen (secondary N) is 1. The van der Waals surface area contributed by atoms with Gasteiger partial charge in [0.15, 0.2) is 0 Å². The Labute approximate surface area is 102 Å². The predicted molar refractivity (Wildman–Crippen MR) is 63.6 cm³/mol. The SMILES string of the molecule is Cl.O=C([C@H]1C[C@H](F)CN1)N1CCCCCC1. The number of likely N-dealkylation sites (tertiary alicyclic amines) is 1. The first-order chi connectivity index (χ1) is 7.27. The standard InChI is InChI=1S/C11H19FN2O.ClH/c12-9-7-10(13-8-9)11(15)14-5-3-1-2-4-6-14;/h9-10,13H,1-8H2;1H/t9-,10+;/m0./s1. The molecule has 3 nitrogen and oxygen atoms in total. The van der Waals surface area contributed by atoms with Gasteiger partial charge in [-0.3, -0.25) is 4.79 Å². The van der Waals surface area contributed by atoms with Gasteiger partial charge in [0.2, 0.25) is 5.91 Å². The molecule has 2 rings (SSSR count). The van der Waals surface area contributed by atoms with Gasteiger partial charge in [-0.05, 0) is 12.8 Å². The van der Waals surface area contributed by atoms with E-state index < -0.39 is 6.17 Å². The van der Waals surface area contributed by atoms with Crippen molar-refractivity contribution in [3.05, 3.63) is 0 Å². The van der Waals surface area contributed by atoms with E-state index in [4.69, 9.17) is 0 Å². The first-order valence-electron chi connectivity index (χ1n) is 5.93. The molecule has 0 bridgehead atoms. The fraction of sp³-hybridized carbons (Fsp3) is 0.909. The molecule has 1 amide bonds. The summed E-state index contributed by atoms with van der Waals surface area (Å²) in [5.74, 6) is 0.108. The highest BCUT2D eigenvalue weighted by atomic mass is 35.5. The van der Waals surface area contributed by atoms with Crippen LogP contribution in [-0.2, 0) is 4.79 Å². The number of nitrogens with zero attached hydrogens (tertiary/aromatic N) is 1. The zero-order valence-corrected chi connectivity index (χ0v) is 10.3. The molecule has 2 aliphatic rings. The van der Waals surface area contributed by atoms with Gasteiger partial charge >= 0.3 is 0 Å². The molecular weight excluding hydrogens is 231 g/mol. The van der Waals surface area contributed by atoms with E-state index in [0.29, 0.717) is 13.0 Å². The molecule has 2 fully saturated rings. The Morgan fingerprint density at radius 2 is 1.81 bits per heavy atom. The Balaban J connectivity index is 0.00000128. The normalized spacial score (nSPS) is 30.7. The van der Waals surface area contributed by atoms with Crippen molar-refractivity contribution in [1.82, 2.24) is 10.2 Å². The van der Waals surface area contributed by atoms with Crippen LogP contribution in [0.25, 0.3) is 0 Å². The number of rotatable bonds is 1. The van der Waals surface area contributed by atoms with Crippen LogP contribution in [0.4, 0.5) is 4.39 Å². The number of hydrogen-bond acceptors (Lipinski definition) is 2. The van der Waals surface area contributed by atoms with E-state index in [0.717, 1.165) is 25.9 Å². The van der Waals surface area contributed by atoms with E-state index in [-0.39, 0.29) is 24.4 Å². The quantitative estimate of drug-likeness (QED) is 0.765. The van der Waals surface area contributed by atoms with Gasteiger partial charge in [0, 0.05) is 26.1 Å². The van der Waals surface area contributed by atoms with Crippen LogP contribution in [0.15, 0.2) is 0 Å². The summed E-state index contributed by atoms with van der Waals surface area (Å²) < 4.78 is 12.9. The number of alkyl halides is 1. The fourth-order valence-corrected chi connectivity index (χ4v) is 2.39. The van der Waals surface area contributed by atoms with Crippen LogP contribution in [0, 0.1) is 0 Å². The van der Waals surface area contributed by atoms with Crippen molar-refractivity contribution >= 4 is 18.3 Å². The molecule has 0 aliphatic carbocycles. The van der Waals surface area contributed by atoms with Gasteiger partial charge in [-0.25, -0.2) is 4.39 Å². The largest absolute Gasteiger partial charge is 0.341 e. The molecule has 2 atom stereocenters. The smallest absolute Gasteiger partial charge is 0.239 e. The van der Waals surface area contributed by atoms with E-state index in [1.54, 1.807) is 0 Å². The van der Waals surface area contributed by atoms with Crippen molar-refractivity contribution < 1.29 is 9.18 Å². The summed E-state index contributed by atoms with van der Waals surface area (Å²) in [6.45, 7) is 2.05. The molecular formula is C11H20ClFN2O. The Kier molecular flexibility index (Phi) is 5.49. The van der Waals surface area contributed by atoms with Crippen molar-refractivity contribution in [1.29, 1.82) is 0 Å². The second-order valence-electron chi connectivity index (χ2n) is 4.53. The monoisotopic (exact) mass is 250 g/mol. The molecule has 5 heteroatoms. The molecule has 1 N–H and O–H groups in total. The molecule has 2 saturated heterocycles. The highest BCUT2D eigenvalue weighted by Gasteiger charge is 2.32. The fourth-order valence-electron chi connectivity index (χ4n) is 2.39. The molecule has 2 heterocycles. The Hall–Kier alpha value is -0.350. The third-order valence-electron chi connectivity index (χ3n) is 3.29. The highest BCUT2D eigenvalue weighted by Crippen LogP contribution is 2.16. The topological polar surface area (TPSA) is 32.3 Å².